The molecule has 0 radical (unpaired) electrons. The van der Waals surface area contributed by atoms with Gasteiger partial charge in [0, 0.05) is 30.2 Å². The quantitative estimate of drug-likeness (QED) is 0.192. The highest BCUT2D eigenvalue weighted by Crippen LogP contribution is 2.45. The second-order valence-corrected chi connectivity index (χ2v) is 14.4. The number of fused-ring (bicyclic) bond motifs is 3. The van der Waals surface area contributed by atoms with Crippen LogP contribution in [0.25, 0.3) is 22.2 Å². The van der Waals surface area contributed by atoms with Crippen LogP contribution in [0.4, 0.5) is 5.69 Å². The van der Waals surface area contributed by atoms with Crippen molar-refractivity contribution < 1.29 is 4.42 Å². The molecule has 0 bridgehead atoms. The van der Waals surface area contributed by atoms with Crippen LogP contribution in [-0.4, -0.2) is 9.55 Å². The van der Waals surface area contributed by atoms with Crippen molar-refractivity contribution >= 4 is 16.7 Å². The number of rotatable bonds is 8. The van der Waals surface area contributed by atoms with Crippen molar-refractivity contribution in [3.05, 3.63) is 106 Å². The van der Waals surface area contributed by atoms with Crippen LogP contribution in [0.1, 0.15) is 150 Å². The molecule has 2 atom stereocenters. The van der Waals surface area contributed by atoms with E-state index in [1.54, 1.807) is 0 Å². The maximum absolute atomic E-state index is 6.36. The molecule has 0 saturated carbocycles. The predicted molar refractivity (Wildman–Crippen MR) is 190 cm³/mol. The third-order valence-electron chi connectivity index (χ3n) is 9.82. The van der Waals surface area contributed by atoms with Crippen LogP contribution in [0.3, 0.4) is 0 Å². The summed E-state index contributed by atoms with van der Waals surface area (Å²) in [4.78, 5) is 5.57. The van der Waals surface area contributed by atoms with Crippen LogP contribution in [0.2, 0.25) is 0 Å². The molecule has 2 aromatic heterocycles. The van der Waals surface area contributed by atoms with E-state index >= 15 is 0 Å². The lowest BCUT2D eigenvalue weighted by Crippen LogP contribution is -2.21. The fourth-order valence-corrected chi connectivity index (χ4v) is 7.35. The number of furan rings is 1. The molecule has 3 heterocycles. The van der Waals surface area contributed by atoms with E-state index in [1.807, 2.05) is 6.07 Å². The van der Waals surface area contributed by atoms with E-state index < -0.39 is 0 Å². The first kappa shape index (κ1) is 31.2. The van der Waals surface area contributed by atoms with E-state index in [2.05, 4.69) is 134 Å². The number of hydrogen-bond acceptors (Lipinski definition) is 3. The van der Waals surface area contributed by atoms with Crippen LogP contribution >= 0.6 is 0 Å². The first-order chi connectivity index (χ1) is 21.5. The average Bonchev–Trinajstić information content (AvgIpc) is 3.56. The van der Waals surface area contributed by atoms with Crippen molar-refractivity contribution in [1.82, 2.24) is 9.55 Å². The molecule has 5 aromatic rings. The van der Waals surface area contributed by atoms with Gasteiger partial charge in [0.25, 0.3) is 0 Å². The molecule has 6 rings (SSSR count). The van der Waals surface area contributed by atoms with Crippen molar-refractivity contribution in [2.75, 3.05) is 5.32 Å². The van der Waals surface area contributed by atoms with Crippen molar-refractivity contribution in [3.63, 3.8) is 0 Å². The van der Waals surface area contributed by atoms with Crippen LogP contribution in [0, 0.1) is 0 Å². The summed E-state index contributed by atoms with van der Waals surface area (Å²) in [5, 5.41) is 5.35. The van der Waals surface area contributed by atoms with Crippen LogP contribution in [0.15, 0.2) is 65.2 Å². The molecule has 1 aliphatic rings. The number of benzene rings is 3. The molecule has 3 aromatic carbocycles. The van der Waals surface area contributed by atoms with Gasteiger partial charge in [-0.2, -0.15) is 0 Å². The standard InChI is InChI=1S/C41H51N3O/c1-11-35-38(31-15-12-13-18-36(31)45-35)34-22-44-21-27(10)33-20-28(23(2)3)19-32(26(8)9)37(33)40(41(44)42-34)43-39-29(24(4)5)16-14-17-30(39)25(6)7/h12-20,22-27,40,43H,11,21H2,1-10H3. The van der Waals surface area contributed by atoms with Gasteiger partial charge in [0.1, 0.15) is 23.2 Å². The van der Waals surface area contributed by atoms with Gasteiger partial charge in [0.05, 0.1) is 11.3 Å². The van der Waals surface area contributed by atoms with Gasteiger partial charge in [0.15, 0.2) is 0 Å². The lowest BCUT2D eigenvalue weighted by atomic mass is 9.81. The third kappa shape index (κ3) is 5.51. The zero-order valence-electron chi connectivity index (χ0n) is 29.0. The normalized spacial score (nSPS) is 16.6. The molecule has 0 spiro atoms. The minimum absolute atomic E-state index is 0.0991. The van der Waals surface area contributed by atoms with Gasteiger partial charge in [-0.05, 0) is 69.0 Å². The highest BCUT2D eigenvalue weighted by molar-refractivity contribution is 5.94. The van der Waals surface area contributed by atoms with Gasteiger partial charge in [-0.1, -0.05) is 118 Å². The summed E-state index contributed by atoms with van der Waals surface area (Å²) in [6, 6.07) is 20.1. The average molecular weight is 602 g/mol. The first-order valence-corrected chi connectivity index (χ1v) is 17.1. The zero-order valence-corrected chi connectivity index (χ0v) is 29.0. The fraction of sp³-hybridized carbons (Fsp3) is 0.439. The van der Waals surface area contributed by atoms with Crippen molar-refractivity contribution in [2.24, 2.45) is 0 Å². The van der Waals surface area contributed by atoms with Crippen molar-refractivity contribution in [2.45, 2.75) is 118 Å². The predicted octanol–water partition coefficient (Wildman–Crippen LogP) is 11.7. The van der Waals surface area contributed by atoms with Crippen molar-refractivity contribution in [3.8, 4) is 11.3 Å². The molecule has 0 amide bonds. The second-order valence-electron chi connectivity index (χ2n) is 14.4. The number of nitrogens with zero attached hydrogens (tertiary/aromatic N) is 2. The van der Waals surface area contributed by atoms with Gasteiger partial charge in [-0.15, -0.1) is 0 Å². The number of aromatic nitrogens is 2. The smallest absolute Gasteiger partial charge is 0.136 e. The number of anilines is 1. The Morgan fingerprint density at radius 1 is 0.844 bits per heavy atom. The Labute approximate surface area is 270 Å². The topological polar surface area (TPSA) is 43.0 Å². The molecular formula is C41H51N3O. The maximum Gasteiger partial charge on any atom is 0.136 e. The van der Waals surface area contributed by atoms with Gasteiger partial charge in [0.2, 0.25) is 0 Å². The van der Waals surface area contributed by atoms with Crippen LogP contribution in [-0.2, 0) is 13.0 Å². The molecule has 1 N–H and O–H groups in total. The SMILES string of the molecule is CCc1oc2ccccc2c1-c1cn2c(n1)C(Nc1c(C(C)C)cccc1C(C)C)c1c(C(C)C)cc(C(C)C)cc1C(C)C2. The minimum Gasteiger partial charge on any atom is -0.460 e. The van der Waals surface area contributed by atoms with E-state index in [1.165, 1.54) is 39.1 Å². The summed E-state index contributed by atoms with van der Waals surface area (Å²) < 4.78 is 8.80. The summed E-state index contributed by atoms with van der Waals surface area (Å²) >= 11 is 0. The zero-order chi connectivity index (χ0) is 32.2. The molecule has 4 nitrogen and oxygen atoms in total. The number of aryl methyl sites for hydroxylation is 1. The summed E-state index contributed by atoms with van der Waals surface area (Å²) in [6.07, 6.45) is 3.11. The van der Waals surface area contributed by atoms with Crippen LogP contribution < -0.4 is 5.32 Å². The molecule has 0 aliphatic carbocycles. The van der Waals surface area contributed by atoms with E-state index in [0.717, 1.165) is 46.8 Å². The molecular weight excluding hydrogens is 550 g/mol. The molecule has 45 heavy (non-hydrogen) atoms. The molecule has 0 saturated heterocycles. The second kappa shape index (κ2) is 12.2. The Morgan fingerprint density at radius 3 is 2.13 bits per heavy atom. The maximum atomic E-state index is 6.36. The number of para-hydroxylation sites is 2. The van der Waals surface area contributed by atoms with Crippen molar-refractivity contribution in [1.29, 1.82) is 0 Å². The Bertz CT molecular complexity index is 1810. The summed E-state index contributed by atoms with van der Waals surface area (Å²) in [6.45, 7) is 24.0. The highest BCUT2D eigenvalue weighted by Gasteiger charge is 2.34. The largest absolute Gasteiger partial charge is 0.460 e. The molecule has 2 unspecified atom stereocenters. The van der Waals surface area contributed by atoms with E-state index in [0.29, 0.717) is 29.6 Å². The first-order valence-electron chi connectivity index (χ1n) is 17.1. The van der Waals surface area contributed by atoms with Gasteiger partial charge < -0.3 is 14.3 Å². The number of imidazole rings is 1. The summed E-state index contributed by atoms with van der Waals surface area (Å²) in [5.41, 5.74) is 12.7. The van der Waals surface area contributed by atoms with E-state index in [-0.39, 0.29) is 6.04 Å². The Balaban J connectivity index is 1.65. The third-order valence-corrected chi connectivity index (χ3v) is 9.82. The Morgan fingerprint density at radius 2 is 1.51 bits per heavy atom. The number of hydrogen-bond donors (Lipinski definition) is 1. The lowest BCUT2D eigenvalue weighted by Gasteiger charge is -2.30. The molecule has 0 fully saturated rings. The number of nitrogens with one attached hydrogen (secondary N) is 1. The lowest BCUT2D eigenvalue weighted by molar-refractivity contribution is 0.558. The highest BCUT2D eigenvalue weighted by atomic mass is 16.3. The summed E-state index contributed by atoms with van der Waals surface area (Å²) in [7, 11) is 0. The molecule has 1 aliphatic heterocycles. The van der Waals surface area contributed by atoms with Gasteiger partial charge in [-0.25, -0.2) is 4.98 Å². The van der Waals surface area contributed by atoms with Crippen LogP contribution in [0.5, 0.6) is 0 Å². The molecule has 236 valence electrons. The molecule has 4 heteroatoms. The Kier molecular flexibility index (Phi) is 8.45. The van der Waals surface area contributed by atoms with Gasteiger partial charge in [-0.3, -0.25) is 0 Å². The summed E-state index contributed by atoms with van der Waals surface area (Å²) in [5.74, 6) is 4.04. The fourth-order valence-electron chi connectivity index (χ4n) is 7.35. The van der Waals surface area contributed by atoms with E-state index in [9.17, 15) is 0 Å². The monoisotopic (exact) mass is 601 g/mol. The Hall–Kier alpha value is -3.79. The van der Waals surface area contributed by atoms with Gasteiger partial charge >= 0.3 is 0 Å². The minimum atomic E-state index is -0.0991. The van der Waals surface area contributed by atoms with E-state index in [4.69, 9.17) is 9.40 Å².